The van der Waals surface area contributed by atoms with Crippen LogP contribution < -0.4 is 0 Å². The average molecular weight is 166 g/mol. The fourth-order valence-electron chi connectivity index (χ4n) is 1.38. The largest absolute Gasteiger partial charge is 0.368 e. The van der Waals surface area contributed by atoms with Crippen molar-refractivity contribution < 1.29 is 4.74 Å². The van der Waals surface area contributed by atoms with Crippen molar-refractivity contribution in [1.29, 1.82) is 0 Å². The average Bonchev–Trinajstić information content (AvgIpc) is 2.32. The monoisotopic (exact) mass is 166 g/mol. The van der Waals surface area contributed by atoms with Gasteiger partial charge in [0.25, 0.3) is 0 Å². The van der Waals surface area contributed by atoms with E-state index in [0.29, 0.717) is 0 Å². The van der Waals surface area contributed by atoms with E-state index in [1.54, 1.807) is 0 Å². The van der Waals surface area contributed by atoms with E-state index in [1.807, 2.05) is 0 Å². The minimum absolute atomic E-state index is 0.0450. The maximum atomic E-state index is 5.80. The van der Waals surface area contributed by atoms with E-state index in [1.165, 1.54) is 5.57 Å². The van der Waals surface area contributed by atoms with Gasteiger partial charge in [0.2, 0.25) is 0 Å². The van der Waals surface area contributed by atoms with E-state index in [4.69, 9.17) is 4.74 Å². The third-order valence-corrected chi connectivity index (χ3v) is 1.80. The molecule has 1 nitrogen and oxygen atoms in total. The molecule has 0 heterocycles. The Labute approximate surface area is 75.1 Å². The molecule has 0 spiro atoms. The van der Waals surface area contributed by atoms with E-state index in [0.717, 1.165) is 6.42 Å². The summed E-state index contributed by atoms with van der Waals surface area (Å²) in [6, 6.07) is 0. The Kier molecular flexibility index (Phi) is 2.73. The number of allylic oxidation sites excluding steroid dienone is 2. The molecule has 0 aromatic heterocycles. The van der Waals surface area contributed by atoms with Crippen molar-refractivity contribution in [2.75, 3.05) is 0 Å². The maximum Gasteiger partial charge on any atom is 0.0800 e. The summed E-state index contributed by atoms with van der Waals surface area (Å²) in [6.07, 6.45) is 7.82. The number of rotatable bonds is 2. The molecule has 0 fully saturated rings. The molecule has 0 N–H and O–H groups in total. The Balaban J connectivity index is 2.48. The predicted octanol–water partition coefficient (Wildman–Crippen LogP) is 3.08. The molecule has 0 aliphatic heterocycles. The molecule has 0 bridgehead atoms. The summed E-state index contributed by atoms with van der Waals surface area (Å²) in [6.45, 7) is 8.36. The summed E-state index contributed by atoms with van der Waals surface area (Å²) < 4.78 is 5.80. The summed E-state index contributed by atoms with van der Waals surface area (Å²) in [4.78, 5) is 0. The fraction of sp³-hybridized carbons (Fsp3) is 0.636. The third kappa shape index (κ3) is 2.82. The molecular weight excluding hydrogens is 148 g/mol. The molecule has 0 aromatic rings. The Morgan fingerprint density at radius 2 is 2.08 bits per heavy atom. The van der Waals surface area contributed by atoms with Gasteiger partial charge in [-0.25, -0.2) is 0 Å². The quantitative estimate of drug-likeness (QED) is 0.612. The first kappa shape index (κ1) is 9.53. The first-order chi connectivity index (χ1) is 5.49. The van der Waals surface area contributed by atoms with Gasteiger partial charge in [-0.3, -0.25) is 0 Å². The Morgan fingerprint density at radius 3 is 2.50 bits per heavy atom. The fourth-order valence-corrected chi connectivity index (χ4v) is 1.38. The van der Waals surface area contributed by atoms with E-state index in [9.17, 15) is 0 Å². The summed E-state index contributed by atoms with van der Waals surface area (Å²) in [5.41, 5.74) is 1.27. The summed E-state index contributed by atoms with van der Waals surface area (Å²) in [5.74, 6) is 0. The van der Waals surface area contributed by atoms with E-state index < -0.39 is 0 Å². The molecule has 0 saturated heterocycles. The highest BCUT2D eigenvalue weighted by Gasteiger charge is 2.17. The molecule has 1 rings (SSSR count). The zero-order chi connectivity index (χ0) is 9.19. The van der Waals surface area contributed by atoms with Crippen molar-refractivity contribution in [3.05, 3.63) is 23.8 Å². The SMILES string of the molecule is CC(OC(C)(C)C)C1=CCC=C1. The van der Waals surface area contributed by atoms with Gasteiger partial charge in [-0.05, 0) is 39.7 Å². The summed E-state index contributed by atoms with van der Waals surface area (Å²) in [5, 5.41) is 0. The third-order valence-electron chi connectivity index (χ3n) is 1.80. The van der Waals surface area contributed by atoms with E-state index in [-0.39, 0.29) is 11.7 Å². The summed E-state index contributed by atoms with van der Waals surface area (Å²) >= 11 is 0. The Morgan fingerprint density at radius 1 is 1.42 bits per heavy atom. The minimum atomic E-state index is -0.0450. The van der Waals surface area contributed by atoms with Crippen molar-refractivity contribution in [3.63, 3.8) is 0 Å². The van der Waals surface area contributed by atoms with Crippen LogP contribution in [0.15, 0.2) is 23.8 Å². The topological polar surface area (TPSA) is 9.23 Å². The van der Waals surface area contributed by atoms with Crippen LogP contribution in [-0.4, -0.2) is 11.7 Å². The highest BCUT2D eigenvalue weighted by Crippen LogP contribution is 2.20. The Hall–Kier alpha value is -0.560. The predicted molar refractivity (Wildman–Crippen MR) is 52.1 cm³/mol. The number of hydrogen-bond acceptors (Lipinski definition) is 1. The van der Waals surface area contributed by atoms with E-state index in [2.05, 4.69) is 45.9 Å². The first-order valence-corrected chi connectivity index (χ1v) is 4.53. The van der Waals surface area contributed by atoms with Crippen LogP contribution in [0, 0.1) is 0 Å². The van der Waals surface area contributed by atoms with Crippen molar-refractivity contribution in [2.24, 2.45) is 0 Å². The molecule has 0 amide bonds. The van der Waals surface area contributed by atoms with E-state index >= 15 is 0 Å². The normalized spacial score (nSPS) is 19.5. The van der Waals surface area contributed by atoms with Crippen molar-refractivity contribution >= 4 is 0 Å². The lowest BCUT2D eigenvalue weighted by atomic mass is 10.1. The second-order valence-corrected chi connectivity index (χ2v) is 4.21. The van der Waals surface area contributed by atoms with Crippen LogP contribution in [0.3, 0.4) is 0 Å². The molecule has 12 heavy (non-hydrogen) atoms. The van der Waals surface area contributed by atoms with Gasteiger partial charge in [0.05, 0.1) is 11.7 Å². The first-order valence-electron chi connectivity index (χ1n) is 4.53. The van der Waals surface area contributed by atoms with Crippen molar-refractivity contribution in [2.45, 2.75) is 45.8 Å². The highest BCUT2D eigenvalue weighted by atomic mass is 16.5. The van der Waals surface area contributed by atoms with Gasteiger partial charge in [0.15, 0.2) is 0 Å². The van der Waals surface area contributed by atoms with Gasteiger partial charge in [-0.2, -0.15) is 0 Å². The number of ether oxygens (including phenoxy) is 1. The molecular formula is C11H18O. The standard InChI is InChI=1S/C11H18O/c1-9(12-11(2,3)4)10-7-5-6-8-10/h5,7-9H,6H2,1-4H3. The molecule has 1 unspecified atom stereocenters. The molecule has 1 aliphatic rings. The van der Waals surface area contributed by atoms with Crippen LogP contribution in [0.25, 0.3) is 0 Å². The molecule has 0 aromatic carbocycles. The summed E-state index contributed by atoms with van der Waals surface area (Å²) in [7, 11) is 0. The van der Waals surface area contributed by atoms with Crippen LogP contribution in [-0.2, 0) is 4.74 Å². The van der Waals surface area contributed by atoms with Gasteiger partial charge < -0.3 is 4.74 Å². The van der Waals surface area contributed by atoms with Gasteiger partial charge in [-0.15, -0.1) is 0 Å². The maximum absolute atomic E-state index is 5.80. The van der Waals surface area contributed by atoms with Gasteiger partial charge in [0.1, 0.15) is 0 Å². The lowest BCUT2D eigenvalue weighted by Crippen LogP contribution is -2.26. The van der Waals surface area contributed by atoms with Gasteiger partial charge in [-0.1, -0.05) is 18.2 Å². The van der Waals surface area contributed by atoms with Gasteiger partial charge in [0, 0.05) is 0 Å². The smallest absolute Gasteiger partial charge is 0.0800 e. The number of hydrogen-bond donors (Lipinski definition) is 0. The zero-order valence-corrected chi connectivity index (χ0v) is 8.42. The molecule has 68 valence electrons. The van der Waals surface area contributed by atoms with Crippen LogP contribution in [0.2, 0.25) is 0 Å². The van der Waals surface area contributed by atoms with Crippen molar-refractivity contribution in [3.8, 4) is 0 Å². The van der Waals surface area contributed by atoms with Crippen LogP contribution in [0.4, 0.5) is 0 Å². The molecule has 1 heteroatoms. The van der Waals surface area contributed by atoms with Crippen LogP contribution >= 0.6 is 0 Å². The zero-order valence-electron chi connectivity index (χ0n) is 8.42. The highest BCUT2D eigenvalue weighted by molar-refractivity contribution is 5.29. The second-order valence-electron chi connectivity index (χ2n) is 4.21. The van der Waals surface area contributed by atoms with Crippen molar-refractivity contribution in [1.82, 2.24) is 0 Å². The lowest BCUT2D eigenvalue weighted by Gasteiger charge is -2.25. The van der Waals surface area contributed by atoms with Crippen LogP contribution in [0.1, 0.15) is 34.1 Å². The lowest BCUT2D eigenvalue weighted by molar-refractivity contribution is -0.0332. The second kappa shape index (κ2) is 3.44. The molecule has 0 radical (unpaired) electrons. The van der Waals surface area contributed by atoms with Crippen LogP contribution in [0.5, 0.6) is 0 Å². The molecule has 0 saturated carbocycles. The molecule has 1 aliphatic carbocycles. The van der Waals surface area contributed by atoms with Gasteiger partial charge >= 0.3 is 0 Å². The minimum Gasteiger partial charge on any atom is -0.368 e. The molecule has 1 atom stereocenters. The Bertz CT molecular complexity index is 206.